The summed E-state index contributed by atoms with van der Waals surface area (Å²) in [6.07, 6.45) is 14.0. The number of benzene rings is 1. The van der Waals surface area contributed by atoms with Crippen molar-refractivity contribution in [1.29, 1.82) is 0 Å². The van der Waals surface area contributed by atoms with Crippen molar-refractivity contribution in [3.05, 3.63) is 35.4 Å². The summed E-state index contributed by atoms with van der Waals surface area (Å²) < 4.78 is 0. The monoisotopic (exact) mass is 288 g/mol. The lowest BCUT2D eigenvalue weighted by Gasteiger charge is -2.19. The largest absolute Gasteiger partial charge is 0.0654 e. The maximum absolute atomic E-state index is 2.32. The third-order valence-corrected chi connectivity index (χ3v) is 4.39. The van der Waals surface area contributed by atoms with E-state index in [-0.39, 0.29) is 5.41 Å². The van der Waals surface area contributed by atoms with Gasteiger partial charge in [0, 0.05) is 0 Å². The number of unbranched alkanes of at least 4 members (excludes halogenated alkanes) is 8. The smallest absolute Gasteiger partial charge is 0.0132 e. The molecule has 0 N–H and O–H groups in total. The minimum atomic E-state index is 0.274. The van der Waals surface area contributed by atoms with Gasteiger partial charge in [-0.3, -0.25) is 0 Å². The quantitative estimate of drug-likeness (QED) is 0.404. The summed E-state index contributed by atoms with van der Waals surface area (Å²) in [5.41, 5.74) is 3.22. The first-order chi connectivity index (χ1) is 10.0. The van der Waals surface area contributed by atoms with E-state index in [1.165, 1.54) is 75.3 Å². The highest BCUT2D eigenvalue weighted by Gasteiger charge is 2.12. The number of hydrogen-bond acceptors (Lipinski definition) is 0. The summed E-state index contributed by atoms with van der Waals surface area (Å²) in [6.45, 7) is 9.13. The summed E-state index contributed by atoms with van der Waals surface area (Å²) in [7, 11) is 0. The van der Waals surface area contributed by atoms with Gasteiger partial charge in [-0.25, -0.2) is 0 Å². The predicted molar refractivity (Wildman–Crippen MR) is 96.1 cm³/mol. The lowest BCUT2D eigenvalue weighted by molar-refractivity contribution is 0.564. The van der Waals surface area contributed by atoms with Crippen molar-refractivity contribution in [3.8, 4) is 0 Å². The molecule has 0 radical (unpaired) electrons. The van der Waals surface area contributed by atoms with Crippen LogP contribution >= 0.6 is 0 Å². The predicted octanol–water partition coefficient (Wildman–Crippen LogP) is 7.06. The van der Waals surface area contributed by atoms with Crippen LogP contribution in [0.4, 0.5) is 0 Å². The van der Waals surface area contributed by atoms with E-state index in [1.807, 2.05) is 0 Å². The van der Waals surface area contributed by atoms with Gasteiger partial charge in [0.1, 0.15) is 0 Å². The van der Waals surface area contributed by atoms with E-state index in [0.717, 1.165) is 0 Å². The fourth-order valence-electron chi connectivity index (χ4n) is 2.81. The van der Waals surface area contributed by atoms with Gasteiger partial charge in [-0.2, -0.15) is 0 Å². The van der Waals surface area contributed by atoms with Crippen LogP contribution in [0.2, 0.25) is 0 Å². The van der Waals surface area contributed by atoms with E-state index in [0.29, 0.717) is 0 Å². The molecule has 0 atom stereocenters. The summed E-state index contributed by atoms with van der Waals surface area (Å²) in [4.78, 5) is 0. The normalized spacial score (nSPS) is 11.8. The number of hydrogen-bond donors (Lipinski definition) is 0. The molecule has 1 rings (SSSR count). The van der Waals surface area contributed by atoms with E-state index >= 15 is 0 Å². The Morgan fingerprint density at radius 1 is 0.667 bits per heavy atom. The molecule has 0 aliphatic carbocycles. The minimum Gasteiger partial charge on any atom is -0.0654 e. The van der Waals surface area contributed by atoms with Crippen molar-refractivity contribution >= 4 is 0 Å². The van der Waals surface area contributed by atoms with Crippen molar-refractivity contribution in [3.63, 3.8) is 0 Å². The van der Waals surface area contributed by atoms with E-state index < -0.39 is 0 Å². The molecule has 0 fully saturated rings. The molecule has 0 unspecified atom stereocenters. The molecular formula is C21H36. The highest BCUT2D eigenvalue weighted by molar-refractivity contribution is 5.27. The van der Waals surface area contributed by atoms with Gasteiger partial charge < -0.3 is 0 Å². The molecule has 0 aliphatic heterocycles. The summed E-state index contributed by atoms with van der Waals surface area (Å²) in [5.74, 6) is 0. The average molecular weight is 289 g/mol. The first-order valence-electron chi connectivity index (χ1n) is 9.13. The van der Waals surface area contributed by atoms with Gasteiger partial charge in [0.25, 0.3) is 0 Å². The summed E-state index contributed by atoms with van der Waals surface area (Å²) in [5, 5.41) is 0. The molecule has 0 aromatic heterocycles. The average Bonchev–Trinajstić information content (AvgIpc) is 2.45. The fourth-order valence-corrected chi connectivity index (χ4v) is 2.81. The molecular weight excluding hydrogens is 252 g/mol. The third-order valence-electron chi connectivity index (χ3n) is 4.39. The second-order valence-corrected chi connectivity index (χ2v) is 7.53. The molecule has 0 saturated heterocycles. The molecule has 21 heavy (non-hydrogen) atoms. The zero-order valence-electron chi connectivity index (χ0n) is 14.9. The van der Waals surface area contributed by atoms with E-state index in [9.17, 15) is 0 Å². The second kappa shape index (κ2) is 10.0. The Morgan fingerprint density at radius 2 is 1.14 bits per heavy atom. The topological polar surface area (TPSA) is 0 Å². The summed E-state index contributed by atoms with van der Waals surface area (Å²) in [6, 6.07) is 9.27. The highest BCUT2D eigenvalue weighted by Crippen LogP contribution is 2.22. The molecule has 0 spiro atoms. The second-order valence-electron chi connectivity index (χ2n) is 7.53. The van der Waals surface area contributed by atoms with Crippen LogP contribution in [-0.4, -0.2) is 0 Å². The van der Waals surface area contributed by atoms with Gasteiger partial charge >= 0.3 is 0 Å². The van der Waals surface area contributed by atoms with E-state index in [4.69, 9.17) is 0 Å². The number of aryl methyl sites for hydroxylation is 1. The fraction of sp³-hybridized carbons (Fsp3) is 0.714. The Morgan fingerprint density at radius 3 is 1.62 bits per heavy atom. The van der Waals surface area contributed by atoms with Crippen LogP contribution in [0.3, 0.4) is 0 Å². The standard InChI is InChI=1S/C21H36/c1-5-6-7-8-9-10-11-12-13-14-19-15-17-20(18-16-19)21(2,3)4/h15-18H,5-14H2,1-4H3. The minimum absolute atomic E-state index is 0.274. The molecule has 0 amide bonds. The van der Waals surface area contributed by atoms with Gasteiger partial charge in [0.2, 0.25) is 0 Å². The molecule has 1 aromatic rings. The molecule has 120 valence electrons. The highest BCUT2D eigenvalue weighted by atomic mass is 14.2. The van der Waals surface area contributed by atoms with Crippen LogP contribution < -0.4 is 0 Å². The van der Waals surface area contributed by atoms with Crippen LogP contribution in [0.25, 0.3) is 0 Å². The molecule has 1 aromatic carbocycles. The Hall–Kier alpha value is -0.780. The van der Waals surface area contributed by atoms with Gasteiger partial charge in [0.05, 0.1) is 0 Å². The van der Waals surface area contributed by atoms with Crippen molar-refractivity contribution in [2.45, 2.75) is 97.3 Å². The maximum atomic E-state index is 2.32. The van der Waals surface area contributed by atoms with Crippen LogP contribution in [0, 0.1) is 0 Å². The molecule has 0 nitrogen and oxygen atoms in total. The zero-order valence-corrected chi connectivity index (χ0v) is 14.9. The van der Waals surface area contributed by atoms with Crippen molar-refractivity contribution < 1.29 is 0 Å². The van der Waals surface area contributed by atoms with Crippen molar-refractivity contribution in [1.82, 2.24) is 0 Å². The molecule has 0 heterocycles. The van der Waals surface area contributed by atoms with Crippen LogP contribution in [0.1, 0.15) is 96.6 Å². The molecule has 0 aliphatic rings. The van der Waals surface area contributed by atoms with Gasteiger partial charge in [-0.05, 0) is 29.4 Å². The lowest BCUT2D eigenvalue weighted by Crippen LogP contribution is -2.10. The van der Waals surface area contributed by atoms with E-state index in [2.05, 4.69) is 52.0 Å². The SMILES string of the molecule is CCCCCCCCCCCc1ccc(C(C)(C)C)cc1. The molecule has 0 bridgehead atoms. The van der Waals surface area contributed by atoms with Crippen LogP contribution in [-0.2, 0) is 11.8 Å². The molecule has 0 saturated carbocycles. The van der Waals surface area contributed by atoms with Gasteiger partial charge in [-0.15, -0.1) is 0 Å². The first-order valence-corrected chi connectivity index (χ1v) is 9.13. The number of rotatable bonds is 10. The first kappa shape index (κ1) is 18.3. The Labute approximate surface area is 133 Å². The van der Waals surface area contributed by atoms with Gasteiger partial charge in [-0.1, -0.05) is 103 Å². The maximum Gasteiger partial charge on any atom is -0.0132 e. The Bertz CT molecular complexity index is 353. The van der Waals surface area contributed by atoms with E-state index in [1.54, 1.807) is 0 Å². The molecule has 0 heteroatoms. The Kier molecular flexibility index (Phi) is 8.73. The van der Waals surface area contributed by atoms with Crippen molar-refractivity contribution in [2.75, 3.05) is 0 Å². The lowest BCUT2D eigenvalue weighted by atomic mass is 9.86. The summed E-state index contributed by atoms with van der Waals surface area (Å²) >= 11 is 0. The Balaban J connectivity index is 2.08. The van der Waals surface area contributed by atoms with Crippen LogP contribution in [0.5, 0.6) is 0 Å². The van der Waals surface area contributed by atoms with Gasteiger partial charge in [0.15, 0.2) is 0 Å². The van der Waals surface area contributed by atoms with Crippen molar-refractivity contribution in [2.24, 2.45) is 0 Å². The van der Waals surface area contributed by atoms with Crippen LogP contribution in [0.15, 0.2) is 24.3 Å². The third kappa shape index (κ3) is 8.29. The zero-order chi connectivity index (χ0) is 15.6.